The Morgan fingerprint density at radius 3 is 2.29 bits per heavy atom. The highest BCUT2D eigenvalue weighted by Crippen LogP contribution is 2.41. The average molecular weight is 890 g/mol. The number of hydrogen-bond donors (Lipinski definition) is 5. The summed E-state index contributed by atoms with van der Waals surface area (Å²) in [5.41, 5.74) is -0.545. The Bertz CT molecular complexity index is 2500. The maximum atomic E-state index is 14.3. The van der Waals surface area contributed by atoms with Crippen molar-refractivity contribution >= 4 is 52.5 Å². The van der Waals surface area contributed by atoms with Gasteiger partial charge in [-0.3, -0.25) is 24.5 Å². The SMILES string of the molecule is Cn1c(-c2c(C(F)(F)F)n[nH]c2-c2ccc(Nc3ccccn3)cn2)cnc1C(=O)Nc1ccc(C(=O)N2CCN(C(=O)C3CC[N+](CC(=O)O)(CC4CNC4)CC3)CC2)c(Cl)c1. The van der Waals surface area contributed by atoms with Gasteiger partial charge in [-0.05, 0) is 42.5 Å². The Morgan fingerprint density at radius 2 is 1.67 bits per heavy atom. The third kappa shape index (κ3) is 9.37. The molecule has 0 bridgehead atoms. The molecule has 3 saturated heterocycles. The van der Waals surface area contributed by atoms with Gasteiger partial charge in [0.25, 0.3) is 11.8 Å². The van der Waals surface area contributed by atoms with Crippen molar-refractivity contribution in [3.63, 3.8) is 0 Å². The molecule has 3 amide bonds. The van der Waals surface area contributed by atoms with Gasteiger partial charge in [-0.25, -0.2) is 14.8 Å². The summed E-state index contributed by atoms with van der Waals surface area (Å²) in [5, 5.41) is 24.7. The van der Waals surface area contributed by atoms with E-state index in [9.17, 15) is 37.5 Å². The van der Waals surface area contributed by atoms with Gasteiger partial charge in [0, 0.05) is 82.9 Å². The van der Waals surface area contributed by atoms with Crippen LogP contribution in [0.15, 0.2) is 67.1 Å². The highest BCUT2D eigenvalue weighted by molar-refractivity contribution is 6.34. The van der Waals surface area contributed by atoms with E-state index in [1.807, 2.05) is 0 Å². The number of alkyl halides is 3. The van der Waals surface area contributed by atoms with Crippen LogP contribution in [-0.2, 0) is 22.8 Å². The largest absolute Gasteiger partial charge is 0.477 e. The quantitative estimate of drug-likeness (QED) is 0.108. The number of anilines is 3. The molecule has 330 valence electrons. The molecule has 0 spiro atoms. The summed E-state index contributed by atoms with van der Waals surface area (Å²) < 4.78 is 44.6. The van der Waals surface area contributed by atoms with Crippen LogP contribution < -0.4 is 16.0 Å². The van der Waals surface area contributed by atoms with Crippen LogP contribution in [-0.4, -0.2) is 138 Å². The van der Waals surface area contributed by atoms with Crippen molar-refractivity contribution in [1.29, 1.82) is 0 Å². The summed E-state index contributed by atoms with van der Waals surface area (Å²) in [4.78, 5) is 68.4. The summed E-state index contributed by atoms with van der Waals surface area (Å²) in [6.45, 7) is 5.20. The van der Waals surface area contributed by atoms with E-state index in [1.165, 1.54) is 42.1 Å². The second-order valence-electron chi connectivity index (χ2n) is 16.2. The molecule has 17 nitrogen and oxygen atoms in total. The predicted octanol–water partition coefficient (Wildman–Crippen LogP) is 4.75. The van der Waals surface area contributed by atoms with Crippen LogP contribution in [0.5, 0.6) is 0 Å². The van der Waals surface area contributed by atoms with E-state index < -0.39 is 23.7 Å². The maximum absolute atomic E-state index is 14.3. The molecule has 3 fully saturated rings. The van der Waals surface area contributed by atoms with Gasteiger partial charge in [0.1, 0.15) is 5.82 Å². The monoisotopic (exact) mass is 889 g/mol. The molecule has 0 atom stereocenters. The molecule has 0 saturated carbocycles. The third-order valence-electron chi connectivity index (χ3n) is 12.0. The zero-order chi connectivity index (χ0) is 44.5. The van der Waals surface area contributed by atoms with Crippen LogP contribution in [0.2, 0.25) is 5.02 Å². The fourth-order valence-corrected chi connectivity index (χ4v) is 8.89. The highest BCUT2D eigenvalue weighted by Gasteiger charge is 2.43. The minimum absolute atomic E-state index is 0.0295. The normalized spacial score (nSPS) is 19.3. The molecule has 63 heavy (non-hydrogen) atoms. The first-order chi connectivity index (χ1) is 30.2. The minimum atomic E-state index is -4.86. The van der Waals surface area contributed by atoms with E-state index >= 15 is 0 Å². The molecule has 5 N–H and O–H groups in total. The van der Waals surface area contributed by atoms with Gasteiger partial charge in [0.2, 0.25) is 5.91 Å². The van der Waals surface area contributed by atoms with E-state index in [2.05, 4.69) is 41.1 Å². The smallest absolute Gasteiger partial charge is 0.435 e. The van der Waals surface area contributed by atoms with Crippen LogP contribution in [0.3, 0.4) is 0 Å². The lowest BCUT2D eigenvalue weighted by molar-refractivity contribution is -0.929. The van der Waals surface area contributed by atoms with Crippen molar-refractivity contribution < 1.29 is 41.9 Å². The van der Waals surface area contributed by atoms with Gasteiger partial charge in [0.15, 0.2) is 18.1 Å². The molecule has 5 aromatic rings. The summed E-state index contributed by atoms with van der Waals surface area (Å²) in [7, 11) is 1.40. The zero-order valence-electron chi connectivity index (χ0n) is 34.2. The number of carboxylic acid groups (broad SMARTS) is 1. The average Bonchev–Trinajstić information content (AvgIpc) is 3.86. The van der Waals surface area contributed by atoms with Crippen LogP contribution in [0, 0.1) is 11.8 Å². The van der Waals surface area contributed by atoms with Gasteiger partial charge in [-0.15, -0.1) is 0 Å². The number of H-pyrrole nitrogens is 1. The number of aromatic amines is 1. The number of carboxylic acids is 1. The number of pyridine rings is 2. The Hall–Kier alpha value is -6.38. The first kappa shape index (κ1) is 43.3. The van der Waals surface area contributed by atoms with Gasteiger partial charge < -0.3 is 39.9 Å². The Balaban J connectivity index is 0.891. The van der Waals surface area contributed by atoms with Crippen molar-refractivity contribution in [3.8, 4) is 22.6 Å². The number of nitrogens with zero attached hydrogens (tertiary/aromatic N) is 8. The first-order valence-corrected chi connectivity index (χ1v) is 20.8. The lowest BCUT2D eigenvalue weighted by atomic mass is 9.90. The molecular weight excluding hydrogens is 845 g/mol. The molecule has 3 aliphatic rings. The van der Waals surface area contributed by atoms with Gasteiger partial charge in [-0.1, -0.05) is 17.7 Å². The number of halogens is 4. The molecule has 0 radical (unpaired) electrons. The number of carbonyl (C=O) groups excluding carboxylic acids is 3. The Morgan fingerprint density at radius 1 is 0.937 bits per heavy atom. The number of aromatic nitrogens is 6. The number of piperidine rings is 1. The van der Waals surface area contributed by atoms with Crippen molar-refractivity contribution in [2.24, 2.45) is 18.9 Å². The molecular formula is C42H45ClF3N12O5+. The van der Waals surface area contributed by atoms with Gasteiger partial charge in [0.05, 0.1) is 70.9 Å². The van der Waals surface area contributed by atoms with E-state index in [1.54, 1.807) is 40.3 Å². The number of benzene rings is 1. The van der Waals surface area contributed by atoms with Crippen LogP contribution in [0.4, 0.5) is 30.4 Å². The molecule has 7 heterocycles. The molecule has 4 aromatic heterocycles. The minimum Gasteiger partial charge on any atom is -0.477 e. The van der Waals surface area contributed by atoms with Crippen molar-refractivity contribution in [1.82, 2.24) is 44.8 Å². The summed E-state index contributed by atoms with van der Waals surface area (Å²) in [5.74, 6) is -1.29. The van der Waals surface area contributed by atoms with Gasteiger partial charge in [-0.2, -0.15) is 18.3 Å². The predicted molar refractivity (Wildman–Crippen MR) is 225 cm³/mol. The van der Waals surface area contributed by atoms with E-state index in [0.717, 1.165) is 25.8 Å². The number of amides is 3. The van der Waals surface area contributed by atoms with E-state index in [4.69, 9.17) is 11.6 Å². The highest BCUT2D eigenvalue weighted by atomic mass is 35.5. The number of likely N-dealkylation sites (tertiary alicyclic amines) is 1. The van der Waals surface area contributed by atoms with Crippen molar-refractivity contribution in [3.05, 3.63) is 89.2 Å². The first-order valence-electron chi connectivity index (χ1n) is 20.5. The maximum Gasteiger partial charge on any atom is 0.435 e. The number of quaternary nitrogens is 1. The van der Waals surface area contributed by atoms with Crippen molar-refractivity contribution in [2.45, 2.75) is 19.0 Å². The molecule has 21 heteroatoms. The fourth-order valence-electron chi connectivity index (χ4n) is 8.63. The summed E-state index contributed by atoms with van der Waals surface area (Å²) in [6.07, 6.45) is 0.578. The molecule has 1 aromatic carbocycles. The lowest BCUT2D eigenvalue weighted by Gasteiger charge is -2.46. The number of nitrogens with one attached hydrogen (secondary N) is 4. The molecule has 0 aliphatic carbocycles. The van der Waals surface area contributed by atoms with E-state index in [0.29, 0.717) is 74.0 Å². The number of aliphatic carboxylic acids is 1. The number of piperazine rings is 1. The summed E-state index contributed by atoms with van der Waals surface area (Å²) in [6, 6.07) is 12.8. The van der Waals surface area contributed by atoms with Crippen LogP contribution in [0.25, 0.3) is 22.6 Å². The lowest BCUT2D eigenvalue weighted by Crippen LogP contribution is -2.62. The number of carbonyl (C=O) groups is 4. The van der Waals surface area contributed by atoms with Crippen molar-refractivity contribution in [2.75, 3.05) is 76.1 Å². The third-order valence-corrected chi connectivity index (χ3v) is 12.3. The number of imidazole rings is 1. The topological polar surface area (TPSA) is 203 Å². The molecule has 8 rings (SSSR count). The van der Waals surface area contributed by atoms with E-state index in [-0.39, 0.29) is 69.0 Å². The molecule has 3 aliphatic heterocycles. The number of rotatable bonds is 12. The second-order valence-corrected chi connectivity index (χ2v) is 16.6. The second kappa shape index (κ2) is 17.8. The van der Waals surface area contributed by atoms with Gasteiger partial charge >= 0.3 is 12.1 Å². The standard InChI is InChI=1S/C42H44ClF3N12O5/c1-55-32(35-36(53-54-37(35)42(44,45)46)31-8-6-28(21-49-31)51-33-4-2-3-11-48-33)22-50-38(55)39(61)52-27-5-7-29(30(43)18-27)41(63)57-14-12-56(13-15-57)40(62)26-9-16-58(17-10-26,24-34(59)60)23-25-19-47-20-25/h2-8,11,18,21-22,25-26,47H,9-10,12-17,19-20,23-24H2,1H3,(H3-,48,49,50,51,52,53,54,59,60,61,63)/p+1. The zero-order valence-corrected chi connectivity index (χ0v) is 34.9. The van der Waals surface area contributed by atoms with Crippen LogP contribution >= 0.6 is 11.6 Å². The molecule has 0 unspecified atom stereocenters. The van der Waals surface area contributed by atoms with Crippen LogP contribution in [0.1, 0.15) is 39.5 Å². The Labute approximate surface area is 364 Å². The number of hydrogen-bond acceptors (Lipinski definition) is 10. The Kier molecular flexibility index (Phi) is 12.2. The fraction of sp³-hybridized carbons (Fsp3) is 0.381. The summed E-state index contributed by atoms with van der Waals surface area (Å²) >= 11 is 6.59.